The molecule has 0 atom stereocenters. The van der Waals surface area contributed by atoms with Crippen molar-refractivity contribution in [1.29, 1.82) is 0 Å². The first-order chi connectivity index (χ1) is 31.4. The molecule has 0 N–H and O–H groups in total. The van der Waals surface area contributed by atoms with Crippen molar-refractivity contribution in [1.82, 2.24) is 9.13 Å². The predicted molar refractivity (Wildman–Crippen MR) is 291 cm³/mol. The number of nitrogens with zero attached hydrogens (tertiary/aromatic N) is 2. The molecule has 330 valence electrons. The van der Waals surface area contributed by atoms with Gasteiger partial charge in [-0.15, -0.1) is 0 Å². The van der Waals surface area contributed by atoms with E-state index < -0.39 is 0 Å². The number of hydrogen-bond donors (Lipinski definition) is 0. The number of benzene rings is 7. The number of aromatic nitrogens is 2. The summed E-state index contributed by atoms with van der Waals surface area (Å²) in [5, 5.41) is 5.37. The fourth-order valence-corrected chi connectivity index (χ4v) is 12.4. The maximum atomic E-state index is 2.69. The first-order valence-corrected chi connectivity index (χ1v) is 25.0. The quantitative estimate of drug-likeness (QED) is 0.147. The number of rotatable bonds is 6. The highest BCUT2D eigenvalue weighted by Gasteiger charge is 2.43. The zero-order valence-electron chi connectivity index (χ0n) is 41.9. The molecule has 2 aromatic heterocycles. The molecule has 66 heavy (non-hydrogen) atoms. The molecule has 7 aromatic carbocycles. The topological polar surface area (TPSA) is 9.86 Å². The van der Waals surface area contributed by atoms with Crippen LogP contribution in [0.15, 0.2) is 121 Å². The minimum atomic E-state index is -0.0382. The summed E-state index contributed by atoms with van der Waals surface area (Å²) in [6.45, 7) is 33.4. The van der Waals surface area contributed by atoms with Gasteiger partial charge in [0.25, 0.3) is 0 Å². The third-order valence-corrected chi connectivity index (χ3v) is 15.7. The van der Waals surface area contributed by atoms with E-state index in [2.05, 4.69) is 227 Å². The Bertz CT molecular complexity index is 3410. The van der Waals surface area contributed by atoms with Crippen LogP contribution in [0, 0.1) is 0 Å². The Labute approximate surface area is 394 Å². The van der Waals surface area contributed by atoms with Crippen molar-refractivity contribution in [3.8, 4) is 11.4 Å². The lowest BCUT2D eigenvalue weighted by molar-refractivity contribution is 0.591. The fourth-order valence-electron chi connectivity index (χ4n) is 12.4. The van der Waals surface area contributed by atoms with Crippen LogP contribution in [0.5, 0.6) is 0 Å². The zero-order valence-corrected chi connectivity index (χ0v) is 41.9. The third kappa shape index (κ3) is 6.15. The Morgan fingerprint density at radius 2 is 0.803 bits per heavy atom. The minimum Gasteiger partial charge on any atom is -0.310 e. The second-order valence-corrected chi connectivity index (χ2v) is 23.3. The normalized spacial score (nSPS) is 13.8. The summed E-state index contributed by atoms with van der Waals surface area (Å²) in [4.78, 5) is 0. The van der Waals surface area contributed by atoms with Crippen LogP contribution in [0.25, 0.3) is 55.0 Å². The SMILES string of the molecule is CC(C)c1cccc(C(C)C)c1B1c2cc3c(cc2-n2c4ccc(C(C)(C)C)cc4c4cccc1c42)B(c1c(C(C)C)cccc1C(C)C)c1cc(C(C)(C)C)cc2c4ccccc4n-3c12. The van der Waals surface area contributed by atoms with Crippen LogP contribution in [0.3, 0.4) is 0 Å². The summed E-state index contributed by atoms with van der Waals surface area (Å²) < 4.78 is 5.37. The van der Waals surface area contributed by atoms with Gasteiger partial charge in [0, 0.05) is 44.0 Å². The van der Waals surface area contributed by atoms with E-state index in [9.17, 15) is 0 Å². The standard InChI is InChI=1S/C62H66B2N2/c1-35(2)41-21-17-22-42(36(3)4)57(41)63-49-26-19-25-46-47-30-39(61(9,10)11)28-29-54(47)66(59(46)49)55-34-51-56(33-50(55)63)65-53-27-16-15-20-45(53)48-31-40(62(12,13)14)32-52(60(48)65)64(51)58-43(37(5)6)23-18-24-44(58)38(7)8/h15-38H,1-14H3. The molecule has 0 saturated heterocycles. The molecule has 0 saturated carbocycles. The molecule has 2 nitrogen and oxygen atoms in total. The van der Waals surface area contributed by atoms with Gasteiger partial charge >= 0.3 is 0 Å². The highest BCUT2D eigenvalue weighted by atomic mass is 15.0. The van der Waals surface area contributed by atoms with Gasteiger partial charge in [0.2, 0.25) is 13.4 Å². The van der Waals surface area contributed by atoms with E-state index >= 15 is 0 Å². The van der Waals surface area contributed by atoms with Gasteiger partial charge in [-0.1, -0.05) is 193 Å². The summed E-state index contributed by atoms with van der Waals surface area (Å²) in [5.74, 6) is 1.45. The lowest BCUT2D eigenvalue weighted by atomic mass is 9.31. The maximum Gasteiger partial charge on any atom is 0.247 e. The zero-order chi connectivity index (χ0) is 46.5. The summed E-state index contributed by atoms with van der Waals surface area (Å²) in [7, 11) is 0. The van der Waals surface area contributed by atoms with Crippen molar-refractivity contribution in [2.45, 2.75) is 131 Å². The molecule has 2 aliphatic heterocycles. The van der Waals surface area contributed by atoms with Crippen molar-refractivity contribution < 1.29 is 0 Å². The van der Waals surface area contributed by atoms with Crippen LogP contribution in [0.4, 0.5) is 0 Å². The predicted octanol–water partition coefficient (Wildman–Crippen LogP) is 12.6. The second-order valence-electron chi connectivity index (χ2n) is 23.3. The van der Waals surface area contributed by atoms with Crippen molar-refractivity contribution >= 4 is 89.8 Å². The third-order valence-electron chi connectivity index (χ3n) is 15.7. The fraction of sp³-hybridized carbons (Fsp3) is 0.323. The van der Waals surface area contributed by atoms with Crippen molar-refractivity contribution in [2.24, 2.45) is 0 Å². The molecule has 0 aliphatic carbocycles. The number of para-hydroxylation sites is 2. The molecule has 4 heterocycles. The van der Waals surface area contributed by atoms with Crippen LogP contribution in [0.1, 0.15) is 154 Å². The number of hydrogen-bond acceptors (Lipinski definition) is 0. The lowest BCUT2D eigenvalue weighted by Crippen LogP contribution is -2.61. The summed E-state index contributed by atoms with van der Waals surface area (Å²) >= 11 is 0. The average molecular weight is 861 g/mol. The number of fused-ring (bicyclic) bond motifs is 10. The average Bonchev–Trinajstić information content (AvgIpc) is 3.79. The lowest BCUT2D eigenvalue weighted by Gasteiger charge is -2.36. The molecule has 0 amide bonds. The Balaban J connectivity index is 1.38. The molecule has 2 aliphatic rings. The van der Waals surface area contributed by atoms with Gasteiger partial charge in [0.1, 0.15) is 0 Å². The molecule has 0 radical (unpaired) electrons. The smallest absolute Gasteiger partial charge is 0.247 e. The van der Waals surface area contributed by atoms with E-state index in [4.69, 9.17) is 0 Å². The Kier molecular flexibility index (Phi) is 9.67. The molecule has 0 spiro atoms. The molecule has 9 aromatic rings. The van der Waals surface area contributed by atoms with Gasteiger partial charge < -0.3 is 9.13 Å². The molecule has 0 bridgehead atoms. The minimum absolute atomic E-state index is 0.0254. The van der Waals surface area contributed by atoms with Crippen LogP contribution in [-0.4, -0.2) is 22.6 Å². The molecular formula is C62H66B2N2. The molecule has 4 heteroatoms. The second kappa shape index (κ2) is 14.9. The van der Waals surface area contributed by atoms with Crippen molar-refractivity contribution in [3.05, 3.63) is 155 Å². The van der Waals surface area contributed by atoms with Crippen LogP contribution >= 0.6 is 0 Å². The van der Waals surface area contributed by atoms with Gasteiger partial charge in [0.05, 0.1) is 11.0 Å². The summed E-state index contributed by atoms with van der Waals surface area (Å²) in [6.07, 6.45) is 0. The van der Waals surface area contributed by atoms with Crippen LogP contribution in [0.2, 0.25) is 0 Å². The van der Waals surface area contributed by atoms with E-state index in [1.54, 1.807) is 0 Å². The largest absolute Gasteiger partial charge is 0.310 e. The molecule has 0 fully saturated rings. The van der Waals surface area contributed by atoms with Gasteiger partial charge in [0.15, 0.2) is 0 Å². The highest BCUT2D eigenvalue weighted by Crippen LogP contribution is 2.40. The Morgan fingerprint density at radius 3 is 1.32 bits per heavy atom. The Morgan fingerprint density at radius 1 is 0.364 bits per heavy atom. The summed E-state index contributed by atoms with van der Waals surface area (Å²) in [5.41, 5.74) is 25.0. The Hall–Kier alpha value is -5.73. The van der Waals surface area contributed by atoms with Gasteiger partial charge in [-0.2, -0.15) is 0 Å². The van der Waals surface area contributed by atoms with Gasteiger partial charge in [-0.3, -0.25) is 0 Å². The first kappa shape index (κ1) is 42.9. The van der Waals surface area contributed by atoms with Crippen LogP contribution < -0.4 is 32.8 Å². The van der Waals surface area contributed by atoms with Crippen molar-refractivity contribution in [2.75, 3.05) is 0 Å². The first-order valence-electron chi connectivity index (χ1n) is 25.0. The molecule has 11 rings (SSSR count). The van der Waals surface area contributed by atoms with Crippen molar-refractivity contribution in [3.63, 3.8) is 0 Å². The van der Waals surface area contributed by atoms with E-state index in [0.29, 0.717) is 23.7 Å². The monoisotopic (exact) mass is 861 g/mol. The molecular weight excluding hydrogens is 794 g/mol. The van der Waals surface area contributed by atoms with E-state index in [-0.39, 0.29) is 24.3 Å². The van der Waals surface area contributed by atoms with Gasteiger partial charge in [-0.25, -0.2) is 0 Å². The van der Waals surface area contributed by atoms with E-state index in [1.807, 2.05) is 0 Å². The van der Waals surface area contributed by atoms with E-state index in [1.165, 1.54) is 121 Å². The molecule has 0 unspecified atom stereocenters. The van der Waals surface area contributed by atoms with Gasteiger partial charge in [-0.05, 0) is 126 Å². The van der Waals surface area contributed by atoms with E-state index in [0.717, 1.165) is 0 Å². The maximum absolute atomic E-state index is 2.69. The highest BCUT2D eigenvalue weighted by molar-refractivity contribution is 7.00. The summed E-state index contributed by atoms with van der Waals surface area (Å²) in [6, 6.07) is 48.6. The van der Waals surface area contributed by atoms with Crippen LogP contribution in [-0.2, 0) is 10.8 Å².